The Bertz CT molecular complexity index is 365. The van der Waals surface area contributed by atoms with E-state index >= 15 is 0 Å². The Morgan fingerprint density at radius 3 is 2.24 bits per heavy atom. The van der Waals surface area contributed by atoms with Crippen LogP contribution in [0.4, 0.5) is 0 Å². The van der Waals surface area contributed by atoms with Gasteiger partial charge in [0, 0.05) is 18.6 Å². The zero-order chi connectivity index (χ0) is 12.5. The highest BCUT2D eigenvalue weighted by Gasteiger charge is 2.47. The van der Waals surface area contributed by atoms with Gasteiger partial charge in [0.1, 0.15) is 0 Å². The molecule has 1 aliphatic carbocycles. The van der Waals surface area contributed by atoms with Crippen molar-refractivity contribution in [1.82, 2.24) is 0 Å². The summed E-state index contributed by atoms with van der Waals surface area (Å²) in [4.78, 5) is 0. The number of rotatable bonds is 5. The number of benzene rings is 1. The van der Waals surface area contributed by atoms with Crippen LogP contribution in [-0.4, -0.2) is 19.3 Å². The van der Waals surface area contributed by atoms with Crippen molar-refractivity contribution in [1.29, 1.82) is 0 Å². The topological polar surface area (TPSA) is 35.2 Å². The Morgan fingerprint density at radius 1 is 1.24 bits per heavy atom. The molecule has 0 saturated heterocycles. The zero-order valence-corrected chi connectivity index (χ0v) is 11.1. The van der Waals surface area contributed by atoms with Crippen LogP contribution >= 0.6 is 0 Å². The molecule has 1 fully saturated rings. The molecule has 17 heavy (non-hydrogen) atoms. The lowest BCUT2D eigenvalue weighted by atomic mass is 9.88. The maximum atomic E-state index is 6.09. The molecule has 0 heterocycles. The molecule has 0 bridgehead atoms. The summed E-state index contributed by atoms with van der Waals surface area (Å²) in [5.74, 6) is 0. The minimum absolute atomic E-state index is 0.256. The lowest BCUT2D eigenvalue weighted by Crippen LogP contribution is -2.31. The molecule has 2 N–H and O–H groups in total. The van der Waals surface area contributed by atoms with Crippen LogP contribution in [0, 0.1) is 0 Å². The van der Waals surface area contributed by atoms with E-state index in [0.29, 0.717) is 0 Å². The van der Waals surface area contributed by atoms with Crippen molar-refractivity contribution in [3.8, 4) is 0 Å². The van der Waals surface area contributed by atoms with Crippen LogP contribution in [0.5, 0.6) is 0 Å². The fraction of sp³-hybridized carbons (Fsp3) is 0.600. The minimum Gasteiger partial charge on any atom is -0.381 e. The van der Waals surface area contributed by atoms with Crippen LogP contribution in [0.25, 0.3) is 0 Å². The summed E-state index contributed by atoms with van der Waals surface area (Å²) in [5, 5.41) is 0. The first kappa shape index (κ1) is 12.6. The fourth-order valence-electron chi connectivity index (χ4n) is 2.53. The molecular weight excluding hydrogens is 210 g/mol. The van der Waals surface area contributed by atoms with Crippen molar-refractivity contribution in [3.63, 3.8) is 0 Å². The Hall–Kier alpha value is -0.860. The summed E-state index contributed by atoms with van der Waals surface area (Å²) in [6.45, 7) is 4.21. The highest BCUT2D eigenvalue weighted by molar-refractivity contribution is 5.35. The van der Waals surface area contributed by atoms with Gasteiger partial charge in [-0.1, -0.05) is 24.3 Å². The first-order valence-electron chi connectivity index (χ1n) is 6.46. The van der Waals surface area contributed by atoms with Gasteiger partial charge in [0.25, 0.3) is 0 Å². The van der Waals surface area contributed by atoms with Crippen LogP contribution in [0.1, 0.15) is 37.8 Å². The van der Waals surface area contributed by atoms with Crippen LogP contribution < -0.4 is 5.73 Å². The van der Waals surface area contributed by atoms with Crippen LogP contribution in [0.3, 0.4) is 0 Å². The van der Waals surface area contributed by atoms with Crippen molar-refractivity contribution < 1.29 is 4.74 Å². The lowest BCUT2D eigenvalue weighted by molar-refractivity contribution is 0.119. The second-order valence-electron chi connectivity index (χ2n) is 5.39. The smallest absolute Gasteiger partial charge is 0.0583 e. The van der Waals surface area contributed by atoms with Gasteiger partial charge in [0.05, 0.1) is 6.10 Å². The third-order valence-corrected chi connectivity index (χ3v) is 4.11. The van der Waals surface area contributed by atoms with Gasteiger partial charge in [0.15, 0.2) is 0 Å². The summed E-state index contributed by atoms with van der Waals surface area (Å²) < 4.78 is 5.28. The number of methoxy groups -OCH3 is 1. The van der Waals surface area contributed by atoms with E-state index in [1.807, 2.05) is 0 Å². The van der Waals surface area contributed by atoms with Gasteiger partial charge in [-0.2, -0.15) is 0 Å². The van der Waals surface area contributed by atoms with Gasteiger partial charge in [-0.05, 0) is 44.2 Å². The van der Waals surface area contributed by atoms with Crippen LogP contribution in [0.2, 0.25) is 0 Å². The minimum atomic E-state index is 0.256. The van der Waals surface area contributed by atoms with Crippen LogP contribution in [-0.2, 0) is 16.6 Å². The molecule has 0 radical (unpaired) electrons. The maximum absolute atomic E-state index is 6.09. The molecule has 2 nitrogen and oxygen atoms in total. The van der Waals surface area contributed by atoms with E-state index in [1.54, 1.807) is 7.11 Å². The molecule has 0 aromatic heterocycles. The van der Waals surface area contributed by atoms with Gasteiger partial charge in [-0.15, -0.1) is 0 Å². The molecule has 2 rings (SSSR count). The summed E-state index contributed by atoms with van der Waals surface area (Å²) in [5.41, 5.74) is 9.09. The van der Waals surface area contributed by atoms with E-state index < -0.39 is 0 Å². The zero-order valence-electron chi connectivity index (χ0n) is 11.1. The maximum Gasteiger partial charge on any atom is 0.0583 e. The normalized spacial score (nSPS) is 20.9. The van der Waals surface area contributed by atoms with E-state index in [0.717, 1.165) is 6.42 Å². The molecule has 1 aromatic carbocycles. The molecule has 2 heteroatoms. The average Bonchev–Trinajstić information content (AvgIpc) is 3.11. The van der Waals surface area contributed by atoms with Crippen molar-refractivity contribution >= 4 is 0 Å². The molecule has 1 aromatic rings. The van der Waals surface area contributed by atoms with E-state index in [1.165, 1.54) is 24.0 Å². The SMILES string of the molecule is COC(C)Cc1ccc(C2(C(C)N)CC2)cc1. The number of hydrogen-bond donors (Lipinski definition) is 1. The molecular formula is C15H23NO. The molecule has 2 unspecified atom stereocenters. The number of hydrogen-bond acceptors (Lipinski definition) is 2. The lowest BCUT2D eigenvalue weighted by Gasteiger charge is -2.20. The summed E-state index contributed by atoms with van der Waals surface area (Å²) in [6.07, 6.45) is 3.73. The Labute approximate surface area is 104 Å². The van der Waals surface area contributed by atoms with E-state index in [-0.39, 0.29) is 17.6 Å². The molecule has 1 saturated carbocycles. The molecule has 0 aliphatic heterocycles. The molecule has 2 atom stereocenters. The second kappa shape index (κ2) is 4.79. The first-order valence-corrected chi connectivity index (χ1v) is 6.46. The number of nitrogens with two attached hydrogens (primary N) is 1. The quantitative estimate of drug-likeness (QED) is 0.848. The third kappa shape index (κ3) is 2.53. The summed E-state index contributed by atoms with van der Waals surface area (Å²) in [6, 6.07) is 9.18. The predicted molar refractivity (Wildman–Crippen MR) is 71.2 cm³/mol. The standard InChI is InChI=1S/C15H23NO/c1-11(17-3)10-13-4-6-14(7-5-13)15(8-9-15)12(2)16/h4-7,11-12H,8-10,16H2,1-3H3. The van der Waals surface area contributed by atoms with Crippen molar-refractivity contribution in [2.24, 2.45) is 5.73 Å². The highest BCUT2D eigenvalue weighted by atomic mass is 16.5. The van der Waals surface area contributed by atoms with Gasteiger partial charge in [-0.3, -0.25) is 0 Å². The highest BCUT2D eigenvalue weighted by Crippen LogP contribution is 2.50. The predicted octanol–water partition coefficient (Wildman–Crippen LogP) is 2.64. The van der Waals surface area contributed by atoms with Crippen molar-refractivity contribution in [2.45, 2.75) is 50.7 Å². The second-order valence-corrected chi connectivity index (χ2v) is 5.39. The summed E-state index contributed by atoms with van der Waals surface area (Å²) >= 11 is 0. The van der Waals surface area contributed by atoms with Gasteiger partial charge < -0.3 is 10.5 Å². The molecule has 94 valence electrons. The molecule has 0 amide bonds. The summed E-state index contributed by atoms with van der Waals surface area (Å²) in [7, 11) is 1.76. The van der Waals surface area contributed by atoms with Gasteiger partial charge >= 0.3 is 0 Å². The van der Waals surface area contributed by atoms with E-state index in [2.05, 4.69) is 38.1 Å². The fourth-order valence-corrected chi connectivity index (χ4v) is 2.53. The van der Waals surface area contributed by atoms with Gasteiger partial charge in [-0.25, -0.2) is 0 Å². The van der Waals surface area contributed by atoms with E-state index in [9.17, 15) is 0 Å². The van der Waals surface area contributed by atoms with Crippen LogP contribution in [0.15, 0.2) is 24.3 Å². The first-order chi connectivity index (χ1) is 8.08. The van der Waals surface area contributed by atoms with Gasteiger partial charge in [0.2, 0.25) is 0 Å². The Kier molecular flexibility index (Phi) is 3.55. The monoisotopic (exact) mass is 233 g/mol. The average molecular weight is 233 g/mol. The van der Waals surface area contributed by atoms with Crippen molar-refractivity contribution in [2.75, 3.05) is 7.11 Å². The third-order valence-electron chi connectivity index (χ3n) is 4.11. The Morgan fingerprint density at radius 2 is 1.82 bits per heavy atom. The largest absolute Gasteiger partial charge is 0.381 e. The van der Waals surface area contributed by atoms with Crippen molar-refractivity contribution in [3.05, 3.63) is 35.4 Å². The number of ether oxygens (including phenoxy) is 1. The molecule has 0 spiro atoms. The molecule has 1 aliphatic rings. The van der Waals surface area contributed by atoms with E-state index in [4.69, 9.17) is 10.5 Å². The Balaban J connectivity index is 2.08.